The minimum atomic E-state index is -0.606. The van der Waals surface area contributed by atoms with Gasteiger partial charge in [-0.25, -0.2) is 0 Å². The third kappa shape index (κ3) is 2.06. The molecule has 0 bridgehead atoms. The molecule has 2 aliphatic heterocycles. The van der Waals surface area contributed by atoms with Gasteiger partial charge in [-0.1, -0.05) is 6.92 Å². The Balaban J connectivity index is 2.18. The van der Waals surface area contributed by atoms with Crippen molar-refractivity contribution in [1.29, 1.82) is 0 Å². The molecule has 3 nitrogen and oxygen atoms in total. The summed E-state index contributed by atoms with van der Waals surface area (Å²) in [5, 5.41) is 30.0. The lowest BCUT2D eigenvalue weighted by atomic mass is 9.99. The van der Waals surface area contributed by atoms with Crippen molar-refractivity contribution in [2.45, 2.75) is 36.6 Å². The Morgan fingerprint density at radius 3 is 1.75 bits per heavy atom. The van der Waals surface area contributed by atoms with Gasteiger partial charge in [0, 0.05) is 11.3 Å². The second kappa shape index (κ2) is 4.78. The van der Waals surface area contributed by atoms with Gasteiger partial charge >= 0.3 is 0 Å². The molecule has 0 spiro atoms. The van der Waals surface area contributed by atoms with Crippen LogP contribution in [0.2, 0.25) is 0 Å². The molecule has 0 aromatic heterocycles. The van der Waals surface area contributed by atoms with E-state index in [2.05, 4.69) is 20.3 Å². The predicted octanol–water partition coefficient (Wildman–Crippen LogP) is 0.693. The Kier molecular flexibility index (Phi) is 3.94. The van der Waals surface area contributed by atoms with Gasteiger partial charge in [0.2, 0.25) is 0 Å². The molecule has 8 unspecified atom stereocenters. The maximum absolute atomic E-state index is 10.2. The molecule has 2 rings (SSSR count). The number of aliphatic hydroxyl groups excluding tert-OH is 3. The quantitative estimate of drug-likeness (QED) is 0.611. The summed E-state index contributed by atoms with van der Waals surface area (Å²) < 4.78 is 0. The zero-order chi connectivity index (χ0) is 12.0. The molecule has 94 valence electrons. The molecule has 16 heavy (non-hydrogen) atoms. The second-order valence-corrected chi connectivity index (χ2v) is 10.3. The van der Waals surface area contributed by atoms with E-state index >= 15 is 0 Å². The maximum atomic E-state index is 10.2. The molecule has 2 fully saturated rings. The van der Waals surface area contributed by atoms with Gasteiger partial charge in [-0.15, -0.1) is 15.8 Å². The van der Waals surface area contributed by atoms with Crippen LogP contribution in [0.15, 0.2) is 0 Å². The fourth-order valence-electron chi connectivity index (χ4n) is 3.22. The first kappa shape index (κ1) is 13.2. The fourth-order valence-corrected chi connectivity index (χ4v) is 9.93. The number of aliphatic hydroxyl groups is 3. The summed E-state index contributed by atoms with van der Waals surface area (Å²) >= 11 is 0. The topological polar surface area (TPSA) is 60.7 Å². The first-order valence-corrected chi connectivity index (χ1v) is 9.96. The van der Waals surface area contributed by atoms with Gasteiger partial charge in [-0.3, -0.25) is 0 Å². The number of rotatable bonds is 1. The van der Waals surface area contributed by atoms with Crippen LogP contribution in [-0.4, -0.2) is 70.6 Å². The summed E-state index contributed by atoms with van der Waals surface area (Å²) in [7, 11) is -0.530. The van der Waals surface area contributed by atoms with Crippen molar-refractivity contribution in [2.24, 2.45) is 5.92 Å². The normalized spacial score (nSPS) is 58.1. The van der Waals surface area contributed by atoms with Gasteiger partial charge in [0.25, 0.3) is 0 Å². The van der Waals surface area contributed by atoms with Crippen molar-refractivity contribution in [3.05, 3.63) is 0 Å². The Bertz CT molecular complexity index is 238. The monoisotopic (exact) mass is 264 g/mol. The van der Waals surface area contributed by atoms with Crippen molar-refractivity contribution >= 4 is 15.8 Å². The van der Waals surface area contributed by atoms with Crippen LogP contribution in [-0.2, 0) is 0 Å². The first-order chi connectivity index (χ1) is 7.43. The average Bonchev–Trinajstić information content (AvgIpc) is 2.57. The van der Waals surface area contributed by atoms with Crippen molar-refractivity contribution < 1.29 is 15.3 Å². The zero-order valence-electron chi connectivity index (χ0n) is 10.1. The Morgan fingerprint density at radius 1 is 0.875 bits per heavy atom. The van der Waals surface area contributed by atoms with Crippen molar-refractivity contribution in [1.82, 2.24) is 0 Å². The minimum absolute atomic E-state index is 0.154. The van der Waals surface area contributed by atoms with Crippen molar-refractivity contribution in [3.63, 3.8) is 0 Å². The van der Waals surface area contributed by atoms with Gasteiger partial charge in [0.15, 0.2) is 0 Å². The highest BCUT2D eigenvalue weighted by Gasteiger charge is 2.50. The fraction of sp³-hybridized carbons (Fsp3) is 1.00. The van der Waals surface area contributed by atoms with Crippen LogP contribution in [0.5, 0.6) is 0 Å². The Labute approximate surface area is 99.8 Å². The molecule has 8 atom stereocenters. The van der Waals surface area contributed by atoms with E-state index in [1.54, 1.807) is 0 Å². The Hall–Kier alpha value is 0.740. The molecule has 0 radical (unpaired) electrons. The van der Waals surface area contributed by atoms with Crippen LogP contribution >= 0.6 is 15.8 Å². The van der Waals surface area contributed by atoms with Gasteiger partial charge in [-0.05, 0) is 31.6 Å². The molecule has 0 saturated carbocycles. The van der Waals surface area contributed by atoms with E-state index in [4.69, 9.17) is 0 Å². The lowest BCUT2D eigenvalue weighted by molar-refractivity contribution is 0.0311. The highest BCUT2D eigenvalue weighted by atomic mass is 31.1. The average molecular weight is 264 g/mol. The van der Waals surface area contributed by atoms with E-state index in [-0.39, 0.29) is 33.3 Å². The maximum Gasteiger partial charge on any atom is 0.0876 e. The van der Waals surface area contributed by atoms with Gasteiger partial charge < -0.3 is 15.3 Å². The van der Waals surface area contributed by atoms with Crippen LogP contribution in [0.3, 0.4) is 0 Å². The molecule has 0 aromatic rings. The third-order valence-electron chi connectivity index (χ3n) is 4.10. The largest absolute Gasteiger partial charge is 0.392 e. The molecular weight excluding hydrogens is 242 g/mol. The zero-order valence-corrected chi connectivity index (χ0v) is 11.9. The van der Waals surface area contributed by atoms with Gasteiger partial charge in [-0.2, -0.15) is 0 Å². The molecule has 0 amide bonds. The van der Waals surface area contributed by atoms with Crippen LogP contribution in [0.25, 0.3) is 0 Å². The lowest BCUT2D eigenvalue weighted by Crippen LogP contribution is -2.41. The van der Waals surface area contributed by atoms with Gasteiger partial charge in [0.1, 0.15) is 0 Å². The summed E-state index contributed by atoms with van der Waals surface area (Å²) in [6.07, 6.45) is 0.399. The summed E-state index contributed by atoms with van der Waals surface area (Å²) in [4.78, 5) is 0. The summed E-state index contributed by atoms with van der Waals surface area (Å²) in [5.41, 5.74) is 0.398. The molecule has 5 heteroatoms. The Morgan fingerprint density at radius 2 is 1.38 bits per heavy atom. The van der Waals surface area contributed by atoms with E-state index in [1.165, 1.54) is 0 Å². The first-order valence-electron chi connectivity index (χ1n) is 5.88. The predicted molar refractivity (Wildman–Crippen MR) is 70.2 cm³/mol. The molecular formula is C11H22O3P2. The van der Waals surface area contributed by atoms with Crippen LogP contribution < -0.4 is 0 Å². The molecule has 3 N–H and O–H groups in total. The summed E-state index contributed by atoms with van der Waals surface area (Å²) in [6, 6.07) is 0. The van der Waals surface area contributed by atoms with Gasteiger partial charge in [0.05, 0.1) is 18.3 Å². The van der Waals surface area contributed by atoms with E-state index in [9.17, 15) is 15.3 Å². The second-order valence-electron chi connectivity index (χ2n) is 5.39. The number of hydrogen-bond acceptors (Lipinski definition) is 3. The number of hydrogen-bond donors (Lipinski definition) is 3. The lowest BCUT2D eigenvalue weighted by Gasteiger charge is -2.32. The van der Waals surface area contributed by atoms with E-state index < -0.39 is 12.2 Å². The standard InChI is InChI=1S/C11H22O3P2/c1-6-4-15(2)10(8(6)13)11-9(14)7(12)5-16(11)3/h6-14H,4-5H2,1-3H3. The highest BCUT2D eigenvalue weighted by molar-refractivity contribution is 7.62. The minimum Gasteiger partial charge on any atom is -0.392 e. The molecule has 0 aromatic carbocycles. The van der Waals surface area contributed by atoms with E-state index in [0.29, 0.717) is 5.92 Å². The third-order valence-corrected chi connectivity index (χ3v) is 9.72. The molecule has 2 saturated heterocycles. The smallest absolute Gasteiger partial charge is 0.0876 e. The van der Waals surface area contributed by atoms with Crippen LogP contribution in [0.4, 0.5) is 0 Å². The van der Waals surface area contributed by atoms with E-state index in [1.807, 2.05) is 0 Å². The SMILES string of the molecule is CC1CP(C)C(C2C(O)C(O)CP2C)C1O. The molecule has 0 aliphatic carbocycles. The molecule has 2 heterocycles. The van der Waals surface area contributed by atoms with Crippen molar-refractivity contribution in [3.8, 4) is 0 Å². The van der Waals surface area contributed by atoms with E-state index in [0.717, 1.165) is 12.3 Å². The summed E-state index contributed by atoms with van der Waals surface area (Å²) in [6.45, 7) is 6.48. The van der Waals surface area contributed by atoms with Crippen LogP contribution in [0.1, 0.15) is 6.92 Å². The highest BCUT2D eigenvalue weighted by Crippen LogP contribution is 2.60. The van der Waals surface area contributed by atoms with Crippen molar-refractivity contribution in [2.75, 3.05) is 25.7 Å². The molecule has 2 aliphatic rings. The van der Waals surface area contributed by atoms with Crippen LogP contribution in [0, 0.1) is 5.92 Å². The summed E-state index contributed by atoms with van der Waals surface area (Å²) in [5.74, 6) is 0.356.